The molecule has 10 heavy (non-hydrogen) atoms. The molecule has 1 amide bonds. The SMILES string of the molecule is C#CCNC(=O)CCN.Cl. The molecule has 3 nitrogen and oxygen atoms in total. The van der Waals surface area contributed by atoms with Crippen LogP contribution in [-0.2, 0) is 4.79 Å². The molecule has 0 heterocycles. The largest absolute Gasteiger partial charge is 0.345 e. The molecule has 0 unspecified atom stereocenters. The number of halogens is 1. The minimum Gasteiger partial charge on any atom is -0.345 e. The topological polar surface area (TPSA) is 55.1 Å². The Labute approximate surface area is 66.8 Å². The summed E-state index contributed by atoms with van der Waals surface area (Å²) in [6, 6.07) is 0. The van der Waals surface area contributed by atoms with Crippen LogP contribution in [0.5, 0.6) is 0 Å². The highest BCUT2D eigenvalue weighted by Gasteiger charge is 1.93. The zero-order valence-electron chi connectivity index (χ0n) is 5.59. The molecule has 0 aromatic rings. The average molecular weight is 163 g/mol. The minimum absolute atomic E-state index is 0. The maximum Gasteiger partial charge on any atom is 0.222 e. The first-order valence-electron chi connectivity index (χ1n) is 2.71. The zero-order valence-corrected chi connectivity index (χ0v) is 6.41. The molecule has 0 bridgehead atoms. The van der Waals surface area contributed by atoms with Gasteiger partial charge in [-0.3, -0.25) is 4.79 Å². The molecule has 0 saturated heterocycles. The fourth-order valence-corrected chi connectivity index (χ4v) is 0.369. The number of carbonyl (C=O) groups excluding carboxylic acids is 1. The second-order valence-corrected chi connectivity index (χ2v) is 1.52. The summed E-state index contributed by atoms with van der Waals surface area (Å²) in [5.74, 6) is 2.20. The van der Waals surface area contributed by atoms with E-state index in [1.54, 1.807) is 0 Å². The molecule has 0 aliphatic carbocycles. The first-order chi connectivity index (χ1) is 4.31. The highest BCUT2D eigenvalue weighted by atomic mass is 35.5. The van der Waals surface area contributed by atoms with Crippen molar-refractivity contribution in [2.75, 3.05) is 13.1 Å². The lowest BCUT2D eigenvalue weighted by molar-refractivity contribution is -0.120. The monoisotopic (exact) mass is 162 g/mol. The van der Waals surface area contributed by atoms with Gasteiger partial charge in [-0.05, 0) is 0 Å². The molecule has 0 aromatic carbocycles. The van der Waals surface area contributed by atoms with Crippen LogP contribution in [0.15, 0.2) is 0 Å². The van der Waals surface area contributed by atoms with Gasteiger partial charge >= 0.3 is 0 Å². The lowest BCUT2D eigenvalue weighted by Crippen LogP contribution is -2.25. The van der Waals surface area contributed by atoms with Crippen LogP contribution in [0.1, 0.15) is 6.42 Å². The highest BCUT2D eigenvalue weighted by Crippen LogP contribution is 1.71. The van der Waals surface area contributed by atoms with Crippen LogP contribution in [0.2, 0.25) is 0 Å². The molecule has 4 heteroatoms. The number of nitrogens with one attached hydrogen (secondary N) is 1. The summed E-state index contributed by atoms with van der Waals surface area (Å²) < 4.78 is 0. The lowest BCUT2D eigenvalue weighted by atomic mass is 10.4. The van der Waals surface area contributed by atoms with Gasteiger partial charge in [-0.15, -0.1) is 18.8 Å². The molecule has 0 aliphatic rings. The number of nitrogens with two attached hydrogens (primary N) is 1. The van der Waals surface area contributed by atoms with E-state index in [9.17, 15) is 4.79 Å². The number of carbonyl (C=O) groups is 1. The van der Waals surface area contributed by atoms with Crippen LogP contribution >= 0.6 is 12.4 Å². The molecule has 0 spiro atoms. The Kier molecular flexibility index (Phi) is 9.94. The van der Waals surface area contributed by atoms with E-state index in [-0.39, 0.29) is 18.3 Å². The molecule has 0 rings (SSSR count). The van der Waals surface area contributed by atoms with Crippen molar-refractivity contribution in [3.63, 3.8) is 0 Å². The number of amides is 1. The molecule has 0 aromatic heterocycles. The Morgan fingerprint density at radius 3 is 2.70 bits per heavy atom. The van der Waals surface area contributed by atoms with Gasteiger partial charge in [0.1, 0.15) is 0 Å². The lowest BCUT2D eigenvalue weighted by Gasteiger charge is -1.96. The summed E-state index contributed by atoms with van der Waals surface area (Å²) in [6.45, 7) is 0.662. The molecule has 58 valence electrons. The van der Waals surface area contributed by atoms with Crippen molar-refractivity contribution in [3.8, 4) is 12.3 Å². The Hall–Kier alpha value is -0.720. The van der Waals surface area contributed by atoms with Gasteiger partial charge in [-0.2, -0.15) is 0 Å². The third-order valence-corrected chi connectivity index (χ3v) is 0.759. The number of terminal acetylenes is 1. The summed E-state index contributed by atoms with van der Waals surface area (Å²) in [5, 5.41) is 2.48. The van der Waals surface area contributed by atoms with Crippen LogP contribution in [0.4, 0.5) is 0 Å². The van der Waals surface area contributed by atoms with Gasteiger partial charge in [-0.1, -0.05) is 5.92 Å². The summed E-state index contributed by atoms with van der Waals surface area (Å²) in [7, 11) is 0. The number of hydrogen-bond donors (Lipinski definition) is 2. The maximum absolute atomic E-state index is 10.5. The van der Waals surface area contributed by atoms with Crippen molar-refractivity contribution in [1.29, 1.82) is 0 Å². The van der Waals surface area contributed by atoms with E-state index in [4.69, 9.17) is 12.2 Å². The van der Waals surface area contributed by atoms with Crippen molar-refractivity contribution < 1.29 is 4.79 Å². The molecule has 0 atom stereocenters. The van der Waals surface area contributed by atoms with Gasteiger partial charge in [0.2, 0.25) is 5.91 Å². The fraction of sp³-hybridized carbons (Fsp3) is 0.500. The van der Waals surface area contributed by atoms with E-state index in [0.717, 1.165) is 0 Å². The van der Waals surface area contributed by atoms with Gasteiger partial charge in [0.05, 0.1) is 6.54 Å². The van der Waals surface area contributed by atoms with Gasteiger partial charge in [0.25, 0.3) is 0 Å². The second kappa shape index (κ2) is 8.28. The third-order valence-electron chi connectivity index (χ3n) is 0.759. The van der Waals surface area contributed by atoms with Crippen molar-refractivity contribution in [2.45, 2.75) is 6.42 Å². The molecule has 0 fully saturated rings. The van der Waals surface area contributed by atoms with Gasteiger partial charge in [-0.25, -0.2) is 0 Å². The van der Waals surface area contributed by atoms with E-state index in [1.165, 1.54) is 0 Å². The van der Waals surface area contributed by atoms with Crippen molar-refractivity contribution in [2.24, 2.45) is 5.73 Å². The van der Waals surface area contributed by atoms with E-state index >= 15 is 0 Å². The summed E-state index contributed by atoms with van der Waals surface area (Å²) in [4.78, 5) is 10.5. The Bertz CT molecular complexity index is 130. The van der Waals surface area contributed by atoms with Crippen LogP contribution in [0, 0.1) is 12.3 Å². The van der Waals surface area contributed by atoms with Crippen molar-refractivity contribution >= 4 is 18.3 Å². The van der Waals surface area contributed by atoms with Crippen LogP contribution in [0.3, 0.4) is 0 Å². The van der Waals surface area contributed by atoms with Crippen LogP contribution < -0.4 is 11.1 Å². The first-order valence-corrected chi connectivity index (χ1v) is 2.71. The van der Waals surface area contributed by atoms with E-state index in [1.807, 2.05) is 0 Å². The average Bonchev–Trinajstić information content (AvgIpc) is 1.85. The predicted octanol–water partition coefficient (Wildman–Crippen LogP) is -0.494. The molecular weight excluding hydrogens is 152 g/mol. The van der Waals surface area contributed by atoms with Gasteiger partial charge < -0.3 is 11.1 Å². The standard InChI is InChI=1S/C6H10N2O.ClH/c1-2-5-8-6(9)3-4-7;/h1H,3-5,7H2,(H,8,9);1H. The van der Waals surface area contributed by atoms with Crippen LogP contribution in [0.25, 0.3) is 0 Å². The smallest absolute Gasteiger partial charge is 0.222 e. The van der Waals surface area contributed by atoms with E-state index < -0.39 is 0 Å². The number of hydrogen-bond acceptors (Lipinski definition) is 2. The number of rotatable bonds is 3. The third kappa shape index (κ3) is 7.28. The Balaban J connectivity index is 0. The summed E-state index contributed by atoms with van der Waals surface area (Å²) >= 11 is 0. The fourth-order valence-electron chi connectivity index (χ4n) is 0.369. The van der Waals surface area contributed by atoms with Crippen molar-refractivity contribution in [3.05, 3.63) is 0 Å². The quantitative estimate of drug-likeness (QED) is 0.551. The van der Waals surface area contributed by atoms with E-state index in [0.29, 0.717) is 19.5 Å². The van der Waals surface area contributed by atoms with Gasteiger partial charge in [0.15, 0.2) is 0 Å². The zero-order chi connectivity index (χ0) is 7.11. The maximum atomic E-state index is 10.5. The molecule has 0 saturated carbocycles. The molecular formula is C6H11ClN2O. The molecule has 0 aliphatic heterocycles. The molecule has 3 N–H and O–H groups in total. The summed E-state index contributed by atoms with van der Waals surface area (Å²) in [6.07, 6.45) is 5.23. The molecule has 0 radical (unpaired) electrons. The Morgan fingerprint density at radius 1 is 1.70 bits per heavy atom. The van der Waals surface area contributed by atoms with Crippen LogP contribution in [-0.4, -0.2) is 19.0 Å². The second-order valence-electron chi connectivity index (χ2n) is 1.52. The Morgan fingerprint density at radius 2 is 2.30 bits per heavy atom. The normalized spacial score (nSPS) is 7.20. The first kappa shape index (κ1) is 12.0. The van der Waals surface area contributed by atoms with Crippen molar-refractivity contribution in [1.82, 2.24) is 5.32 Å². The predicted molar refractivity (Wildman–Crippen MR) is 42.8 cm³/mol. The highest BCUT2D eigenvalue weighted by molar-refractivity contribution is 5.85. The van der Waals surface area contributed by atoms with E-state index in [2.05, 4.69) is 11.2 Å². The minimum atomic E-state index is -0.0875. The van der Waals surface area contributed by atoms with Gasteiger partial charge in [0, 0.05) is 13.0 Å². The summed E-state index contributed by atoms with van der Waals surface area (Å²) in [5.41, 5.74) is 5.09.